The molecule has 2 rings (SSSR count). The fraction of sp³-hybridized carbons (Fsp3) is 0.250. The van der Waals surface area contributed by atoms with Gasteiger partial charge in [0, 0.05) is 11.8 Å². The molecular weight excluding hydrogens is 302 g/mol. The van der Waals surface area contributed by atoms with E-state index in [-0.39, 0.29) is 18.4 Å². The molecule has 1 aromatic carbocycles. The van der Waals surface area contributed by atoms with Gasteiger partial charge in [-0.05, 0) is 30.7 Å². The molecule has 0 saturated heterocycles. The highest BCUT2D eigenvalue weighted by Crippen LogP contribution is 2.11. The molecule has 0 aliphatic carbocycles. The molecule has 122 valence electrons. The maximum absolute atomic E-state index is 12.1. The zero-order valence-corrected chi connectivity index (χ0v) is 12.7. The molecule has 0 aliphatic heterocycles. The van der Waals surface area contributed by atoms with Crippen molar-refractivity contribution < 1.29 is 13.5 Å². The summed E-state index contributed by atoms with van der Waals surface area (Å²) in [7, 11) is 0. The Hall–Kier alpha value is -2.70. The summed E-state index contributed by atoms with van der Waals surface area (Å²) >= 11 is 0. The van der Waals surface area contributed by atoms with Crippen LogP contribution in [-0.2, 0) is 6.54 Å². The number of ether oxygens (including phenoxy) is 1. The van der Waals surface area contributed by atoms with E-state index >= 15 is 0 Å². The van der Waals surface area contributed by atoms with Crippen LogP contribution in [0.1, 0.15) is 11.3 Å². The Bertz CT molecular complexity index is 677. The minimum Gasteiger partial charge on any atom is -0.472 e. The third-order valence-corrected chi connectivity index (χ3v) is 2.84. The van der Waals surface area contributed by atoms with Crippen molar-refractivity contribution in [3.05, 3.63) is 53.7 Å². The molecule has 0 spiro atoms. The Kier molecular flexibility index (Phi) is 5.85. The van der Waals surface area contributed by atoms with Gasteiger partial charge in [-0.15, -0.1) is 0 Å². The van der Waals surface area contributed by atoms with Gasteiger partial charge in [-0.3, -0.25) is 0 Å². The predicted octanol–water partition coefficient (Wildman–Crippen LogP) is 2.96. The van der Waals surface area contributed by atoms with Crippen LogP contribution in [0.2, 0.25) is 0 Å². The second-order valence-corrected chi connectivity index (χ2v) is 4.87. The van der Waals surface area contributed by atoms with Crippen molar-refractivity contribution >= 4 is 11.6 Å². The summed E-state index contributed by atoms with van der Waals surface area (Å²) in [6.45, 7) is 1.51. The topological polar surface area (TPSA) is 72.5 Å². The molecule has 23 heavy (non-hydrogen) atoms. The van der Waals surface area contributed by atoms with Gasteiger partial charge in [0.1, 0.15) is 0 Å². The van der Waals surface area contributed by atoms with E-state index in [9.17, 15) is 8.78 Å². The number of guanidine groups is 1. The van der Waals surface area contributed by atoms with Gasteiger partial charge in [0.15, 0.2) is 12.6 Å². The summed E-state index contributed by atoms with van der Waals surface area (Å²) in [6.07, 6.45) is -2.53. The molecule has 3 N–H and O–H groups in total. The highest BCUT2D eigenvalue weighted by Gasteiger charge is 2.05. The zero-order chi connectivity index (χ0) is 16.7. The van der Waals surface area contributed by atoms with Gasteiger partial charge in [0.25, 0.3) is 6.43 Å². The molecule has 0 aliphatic rings. The van der Waals surface area contributed by atoms with Gasteiger partial charge >= 0.3 is 0 Å². The number of halogens is 2. The van der Waals surface area contributed by atoms with Gasteiger partial charge in [-0.2, -0.15) is 0 Å². The van der Waals surface area contributed by atoms with E-state index in [0.717, 1.165) is 11.3 Å². The van der Waals surface area contributed by atoms with E-state index in [2.05, 4.69) is 15.3 Å². The lowest BCUT2D eigenvalue weighted by molar-refractivity contribution is 0.0795. The SMILES string of the molecule is Cc1cccc(NC(N)=NCc2cccc(OCC(F)F)n2)c1. The second kappa shape index (κ2) is 8.07. The van der Waals surface area contributed by atoms with Crippen LogP contribution in [0.5, 0.6) is 5.88 Å². The molecule has 1 aromatic heterocycles. The summed E-state index contributed by atoms with van der Waals surface area (Å²) < 4.78 is 29.1. The highest BCUT2D eigenvalue weighted by atomic mass is 19.3. The van der Waals surface area contributed by atoms with E-state index in [1.807, 2.05) is 31.2 Å². The molecule has 0 amide bonds. The molecule has 0 radical (unpaired) electrons. The Morgan fingerprint density at radius 3 is 2.83 bits per heavy atom. The van der Waals surface area contributed by atoms with Crippen molar-refractivity contribution in [3.8, 4) is 5.88 Å². The van der Waals surface area contributed by atoms with Crippen LogP contribution in [-0.4, -0.2) is 24.0 Å². The van der Waals surface area contributed by atoms with Crippen molar-refractivity contribution in [2.24, 2.45) is 10.7 Å². The van der Waals surface area contributed by atoms with E-state index < -0.39 is 13.0 Å². The van der Waals surface area contributed by atoms with E-state index in [4.69, 9.17) is 10.5 Å². The monoisotopic (exact) mass is 320 g/mol. The van der Waals surface area contributed by atoms with Crippen molar-refractivity contribution in [1.29, 1.82) is 0 Å². The number of hydrogen-bond donors (Lipinski definition) is 2. The number of nitrogens with zero attached hydrogens (tertiary/aromatic N) is 2. The zero-order valence-electron chi connectivity index (χ0n) is 12.7. The average molecular weight is 320 g/mol. The lowest BCUT2D eigenvalue weighted by atomic mass is 10.2. The first-order valence-electron chi connectivity index (χ1n) is 7.03. The fourth-order valence-corrected chi connectivity index (χ4v) is 1.85. The lowest BCUT2D eigenvalue weighted by Crippen LogP contribution is -2.22. The number of hydrogen-bond acceptors (Lipinski definition) is 3. The minimum absolute atomic E-state index is 0.142. The first-order valence-corrected chi connectivity index (χ1v) is 7.03. The number of aryl methyl sites for hydroxylation is 1. The van der Waals surface area contributed by atoms with Gasteiger partial charge < -0.3 is 15.8 Å². The summed E-state index contributed by atoms with van der Waals surface area (Å²) in [6, 6.07) is 12.6. The number of benzene rings is 1. The van der Waals surface area contributed by atoms with E-state index in [0.29, 0.717) is 5.69 Å². The number of nitrogens with two attached hydrogens (primary N) is 1. The average Bonchev–Trinajstić information content (AvgIpc) is 2.51. The standard InChI is InChI=1S/C16H18F2N4O/c1-11-4-2-5-12(8-11)22-16(19)20-9-13-6-3-7-15(21-13)23-10-14(17)18/h2-8,14H,9-10H2,1H3,(H3,19,20,22). The molecule has 0 atom stereocenters. The largest absolute Gasteiger partial charge is 0.472 e. The van der Waals surface area contributed by atoms with Crippen LogP contribution in [0.4, 0.5) is 14.5 Å². The summed E-state index contributed by atoms with van der Waals surface area (Å²) in [5.41, 5.74) is 8.34. The summed E-state index contributed by atoms with van der Waals surface area (Å²) in [5.74, 6) is 0.388. The minimum atomic E-state index is -2.53. The number of nitrogens with one attached hydrogen (secondary N) is 1. The van der Waals surface area contributed by atoms with Gasteiger partial charge in [0.05, 0.1) is 12.2 Å². The Morgan fingerprint density at radius 1 is 1.30 bits per heavy atom. The van der Waals surface area contributed by atoms with Crippen LogP contribution in [0.3, 0.4) is 0 Å². The molecule has 7 heteroatoms. The van der Waals surface area contributed by atoms with E-state index in [1.54, 1.807) is 12.1 Å². The second-order valence-electron chi connectivity index (χ2n) is 4.87. The Labute approximate surface area is 133 Å². The molecule has 5 nitrogen and oxygen atoms in total. The van der Waals surface area contributed by atoms with Gasteiger partial charge in [-0.25, -0.2) is 18.8 Å². The first kappa shape index (κ1) is 16.7. The van der Waals surface area contributed by atoms with Gasteiger partial charge in [-0.1, -0.05) is 18.2 Å². The number of pyridine rings is 1. The normalized spacial score (nSPS) is 11.6. The Morgan fingerprint density at radius 2 is 2.09 bits per heavy atom. The summed E-state index contributed by atoms with van der Waals surface area (Å²) in [5, 5.41) is 2.98. The van der Waals surface area contributed by atoms with Crippen molar-refractivity contribution in [2.45, 2.75) is 19.9 Å². The third-order valence-electron chi connectivity index (χ3n) is 2.84. The van der Waals surface area contributed by atoms with Crippen LogP contribution >= 0.6 is 0 Å². The lowest BCUT2D eigenvalue weighted by Gasteiger charge is -2.07. The number of anilines is 1. The number of rotatable bonds is 6. The fourth-order valence-electron chi connectivity index (χ4n) is 1.85. The maximum Gasteiger partial charge on any atom is 0.272 e. The Balaban J connectivity index is 1.94. The molecule has 0 bridgehead atoms. The molecule has 0 unspecified atom stereocenters. The molecular formula is C16H18F2N4O. The maximum atomic E-state index is 12.1. The van der Waals surface area contributed by atoms with Crippen LogP contribution in [0.15, 0.2) is 47.5 Å². The van der Waals surface area contributed by atoms with Crippen molar-refractivity contribution in [1.82, 2.24) is 4.98 Å². The first-order chi connectivity index (χ1) is 11.0. The number of alkyl halides is 2. The molecule has 2 aromatic rings. The highest BCUT2D eigenvalue weighted by molar-refractivity contribution is 5.92. The summed E-state index contributed by atoms with van der Waals surface area (Å²) in [4.78, 5) is 8.26. The smallest absolute Gasteiger partial charge is 0.272 e. The van der Waals surface area contributed by atoms with Crippen LogP contribution in [0.25, 0.3) is 0 Å². The molecule has 0 saturated carbocycles. The number of aliphatic imine (C=N–C) groups is 1. The quantitative estimate of drug-likeness (QED) is 0.634. The van der Waals surface area contributed by atoms with Crippen molar-refractivity contribution in [3.63, 3.8) is 0 Å². The van der Waals surface area contributed by atoms with Gasteiger partial charge in [0.2, 0.25) is 5.88 Å². The van der Waals surface area contributed by atoms with Crippen LogP contribution in [0, 0.1) is 6.92 Å². The molecule has 1 heterocycles. The molecule has 0 fully saturated rings. The predicted molar refractivity (Wildman–Crippen MR) is 85.9 cm³/mol. The van der Waals surface area contributed by atoms with E-state index in [1.165, 1.54) is 6.07 Å². The van der Waals surface area contributed by atoms with Crippen molar-refractivity contribution in [2.75, 3.05) is 11.9 Å². The third kappa shape index (κ3) is 5.90. The number of aromatic nitrogens is 1. The van der Waals surface area contributed by atoms with Crippen LogP contribution < -0.4 is 15.8 Å².